The van der Waals surface area contributed by atoms with Gasteiger partial charge in [0.1, 0.15) is 18.3 Å². The fourth-order valence-corrected chi connectivity index (χ4v) is 4.48. The molecule has 0 unspecified atom stereocenters. The smallest absolute Gasteiger partial charge is 0.306 e. The molecule has 0 bridgehead atoms. The fraction of sp³-hybridized carbons (Fsp3) is 0.963. The highest BCUT2D eigenvalue weighted by Crippen LogP contribution is 2.17. The molecular weight excluding hydrogens is 420 g/mol. The van der Waals surface area contributed by atoms with Crippen LogP contribution in [0.4, 0.5) is 0 Å². The van der Waals surface area contributed by atoms with Crippen LogP contribution in [0.1, 0.15) is 129 Å². The molecule has 33 heavy (non-hydrogen) atoms. The molecule has 0 aromatic carbocycles. The third-order valence-corrected chi connectivity index (χ3v) is 6.69. The van der Waals surface area contributed by atoms with Gasteiger partial charge in [0.15, 0.2) is 6.10 Å². The molecule has 1 saturated heterocycles. The first-order valence-corrected chi connectivity index (χ1v) is 13.9. The van der Waals surface area contributed by atoms with Crippen molar-refractivity contribution in [3.8, 4) is 0 Å². The monoisotopic (exact) mass is 472 g/mol. The summed E-state index contributed by atoms with van der Waals surface area (Å²) >= 11 is 0. The molecular formula is C27H52O6. The second-order valence-electron chi connectivity index (χ2n) is 9.88. The largest absolute Gasteiger partial charge is 0.457 e. The normalized spacial score (nSPS) is 23.4. The zero-order valence-electron chi connectivity index (χ0n) is 21.2. The molecule has 3 N–H and O–H groups in total. The number of aliphatic hydroxyl groups excluding tert-OH is 3. The van der Waals surface area contributed by atoms with Crippen LogP contribution in [0, 0.1) is 0 Å². The molecule has 6 nitrogen and oxygen atoms in total. The van der Waals surface area contributed by atoms with Gasteiger partial charge in [-0.05, 0) is 6.42 Å². The van der Waals surface area contributed by atoms with Gasteiger partial charge in [0.05, 0.1) is 13.2 Å². The van der Waals surface area contributed by atoms with Gasteiger partial charge in [-0.1, -0.05) is 116 Å². The Balaban J connectivity index is 1.86. The van der Waals surface area contributed by atoms with E-state index >= 15 is 0 Å². The predicted octanol–water partition coefficient (Wildman–Crippen LogP) is 5.44. The summed E-state index contributed by atoms with van der Waals surface area (Å²) < 4.78 is 10.3. The third kappa shape index (κ3) is 15.8. The Kier molecular flexibility index (Phi) is 19.0. The maximum Gasteiger partial charge on any atom is 0.306 e. The highest BCUT2D eigenvalue weighted by atomic mass is 16.6. The zero-order chi connectivity index (χ0) is 24.2. The van der Waals surface area contributed by atoms with E-state index in [1.807, 2.05) is 0 Å². The van der Waals surface area contributed by atoms with Crippen LogP contribution >= 0.6 is 0 Å². The van der Waals surface area contributed by atoms with Crippen molar-refractivity contribution in [1.82, 2.24) is 0 Å². The quantitative estimate of drug-likeness (QED) is 0.161. The number of carbonyl (C=O) groups excluding carboxylic acids is 1. The van der Waals surface area contributed by atoms with E-state index in [1.54, 1.807) is 0 Å². The van der Waals surface area contributed by atoms with E-state index in [0.29, 0.717) is 0 Å². The highest BCUT2D eigenvalue weighted by Gasteiger charge is 2.38. The van der Waals surface area contributed by atoms with E-state index in [9.17, 15) is 20.1 Å². The van der Waals surface area contributed by atoms with E-state index < -0.39 is 30.4 Å². The molecule has 1 fully saturated rings. The van der Waals surface area contributed by atoms with Crippen molar-refractivity contribution in [1.29, 1.82) is 0 Å². The topological polar surface area (TPSA) is 96.2 Å². The summed E-state index contributed by atoms with van der Waals surface area (Å²) in [5.41, 5.74) is 0. The molecule has 0 aromatic rings. The van der Waals surface area contributed by atoms with Gasteiger partial charge in [-0.2, -0.15) is 0 Å². The number of rotatable bonds is 20. The molecule has 0 radical (unpaired) electrons. The van der Waals surface area contributed by atoms with Crippen LogP contribution < -0.4 is 0 Å². The average molecular weight is 473 g/mol. The van der Waals surface area contributed by atoms with Gasteiger partial charge >= 0.3 is 5.97 Å². The number of carbonyl (C=O) groups is 1. The lowest BCUT2D eigenvalue weighted by molar-refractivity contribution is -0.169. The van der Waals surface area contributed by atoms with Crippen molar-refractivity contribution >= 4 is 5.97 Å². The van der Waals surface area contributed by atoms with E-state index in [1.165, 1.54) is 96.3 Å². The first-order valence-electron chi connectivity index (χ1n) is 13.9. The number of aliphatic hydroxyl groups is 3. The lowest BCUT2D eigenvalue weighted by atomic mass is 10.0. The molecule has 0 aromatic heterocycles. The van der Waals surface area contributed by atoms with Crippen molar-refractivity contribution in [3.05, 3.63) is 0 Å². The van der Waals surface area contributed by atoms with Crippen molar-refractivity contribution < 1.29 is 29.6 Å². The van der Waals surface area contributed by atoms with Gasteiger partial charge in [-0.15, -0.1) is 0 Å². The Bertz CT molecular complexity index is 458. The molecule has 4 atom stereocenters. The molecule has 1 heterocycles. The Hall–Kier alpha value is -0.690. The van der Waals surface area contributed by atoms with Crippen molar-refractivity contribution in [2.75, 3.05) is 13.2 Å². The lowest BCUT2D eigenvalue weighted by Gasteiger charge is -2.26. The minimum atomic E-state index is -1.33. The molecule has 196 valence electrons. The number of hydrogen-bond acceptors (Lipinski definition) is 6. The van der Waals surface area contributed by atoms with Gasteiger partial charge in [-0.3, -0.25) is 4.79 Å². The van der Waals surface area contributed by atoms with Gasteiger partial charge in [0, 0.05) is 6.42 Å². The Morgan fingerprint density at radius 1 is 0.667 bits per heavy atom. The zero-order valence-corrected chi connectivity index (χ0v) is 21.2. The van der Waals surface area contributed by atoms with Crippen molar-refractivity contribution in [3.63, 3.8) is 0 Å². The first-order chi connectivity index (χ1) is 16.1. The maximum atomic E-state index is 12.0. The second kappa shape index (κ2) is 20.7. The Morgan fingerprint density at radius 3 is 1.52 bits per heavy atom. The van der Waals surface area contributed by atoms with Crippen LogP contribution in [-0.4, -0.2) is 58.9 Å². The Morgan fingerprint density at radius 2 is 1.06 bits per heavy atom. The van der Waals surface area contributed by atoms with Gasteiger partial charge < -0.3 is 24.8 Å². The molecule has 1 rings (SSSR count). The molecule has 0 aliphatic carbocycles. The minimum Gasteiger partial charge on any atom is -0.457 e. The summed E-state index contributed by atoms with van der Waals surface area (Å²) in [6.07, 6.45) is 18.9. The fourth-order valence-electron chi connectivity index (χ4n) is 4.48. The Labute approximate surface area is 202 Å². The molecule has 6 heteroatoms. The van der Waals surface area contributed by atoms with Crippen LogP contribution in [0.3, 0.4) is 0 Å². The average Bonchev–Trinajstić information content (AvgIpc) is 2.91. The number of ether oxygens (including phenoxy) is 2. The molecule has 1 aliphatic rings. The predicted molar refractivity (Wildman–Crippen MR) is 132 cm³/mol. The number of unbranched alkanes of at least 4 members (excludes halogenated alkanes) is 17. The minimum absolute atomic E-state index is 0.0642. The molecule has 0 amide bonds. The summed E-state index contributed by atoms with van der Waals surface area (Å²) in [5, 5.41) is 29.7. The van der Waals surface area contributed by atoms with Crippen LogP contribution in [0.25, 0.3) is 0 Å². The number of hydrogen-bond donors (Lipinski definition) is 3. The van der Waals surface area contributed by atoms with Crippen LogP contribution in [-0.2, 0) is 14.3 Å². The second-order valence-corrected chi connectivity index (χ2v) is 9.88. The van der Waals surface area contributed by atoms with Crippen LogP contribution in [0.2, 0.25) is 0 Å². The van der Waals surface area contributed by atoms with Crippen molar-refractivity contribution in [2.24, 2.45) is 0 Å². The van der Waals surface area contributed by atoms with Crippen LogP contribution in [0.15, 0.2) is 0 Å². The standard InChI is InChI=1S/C27H52O6/c1-2-3-4-5-6-7-8-9-10-11-12-13-14-15-16-17-18-19-20-25(30)33-27-24(29)22-32-21-23(28)26(27)31/h23-24,26-29,31H,2-22H2,1H3/t23-,24-,26-,27-/m1/s1. The molecule has 0 spiro atoms. The summed E-state index contributed by atoms with van der Waals surface area (Å²) in [5.74, 6) is -0.441. The first kappa shape index (κ1) is 30.3. The van der Waals surface area contributed by atoms with Gasteiger partial charge in [-0.25, -0.2) is 0 Å². The summed E-state index contributed by atoms with van der Waals surface area (Å²) in [4.78, 5) is 12.0. The highest BCUT2D eigenvalue weighted by molar-refractivity contribution is 5.69. The maximum absolute atomic E-state index is 12.0. The molecule has 1 aliphatic heterocycles. The van der Waals surface area contributed by atoms with E-state index in [4.69, 9.17) is 9.47 Å². The summed E-state index contributed by atoms with van der Waals surface area (Å²) in [6, 6.07) is 0. The van der Waals surface area contributed by atoms with E-state index in [-0.39, 0.29) is 19.6 Å². The van der Waals surface area contributed by atoms with E-state index in [0.717, 1.165) is 19.3 Å². The van der Waals surface area contributed by atoms with Crippen molar-refractivity contribution in [2.45, 2.75) is 153 Å². The van der Waals surface area contributed by atoms with Crippen LogP contribution in [0.5, 0.6) is 0 Å². The summed E-state index contributed by atoms with van der Waals surface area (Å²) in [6.45, 7) is 2.13. The SMILES string of the molecule is CCCCCCCCCCCCCCCCCCCCC(=O)O[C@H]1[C@H](O)[C@H](O)COC[C@H]1O. The summed E-state index contributed by atoms with van der Waals surface area (Å²) in [7, 11) is 0. The third-order valence-electron chi connectivity index (χ3n) is 6.69. The molecule has 0 saturated carbocycles. The number of esters is 1. The van der Waals surface area contributed by atoms with Gasteiger partial charge in [0.25, 0.3) is 0 Å². The lowest BCUT2D eigenvalue weighted by Crippen LogP contribution is -2.46. The van der Waals surface area contributed by atoms with E-state index in [2.05, 4.69) is 6.92 Å². The van der Waals surface area contributed by atoms with Gasteiger partial charge in [0.2, 0.25) is 0 Å².